The van der Waals surface area contributed by atoms with Crippen molar-refractivity contribution in [3.8, 4) is 0 Å². The Balaban J connectivity index is 2.84. The zero-order chi connectivity index (χ0) is 14.3. The van der Waals surface area contributed by atoms with Crippen LogP contribution >= 0.6 is 12.2 Å². The number of rotatable bonds is 7. The van der Waals surface area contributed by atoms with Crippen LogP contribution in [0.2, 0.25) is 0 Å². The molecule has 0 aliphatic rings. The molecule has 0 saturated heterocycles. The van der Waals surface area contributed by atoms with Crippen molar-refractivity contribution in [2.45, 2.75) is 6.42 Å². The number of methoxy groups -OCH3 is 1. The number of aromatic nitrogens is 1. The number of hydrogen-bond acceptors (Lipinski definition) is 4. The molecule has 1 rings (SSSR count). The van der Waals surface area contributed by atoms with E-state index in [1.165, 1.54) is 23.4 Å². The maximum Gasteiger partial charge on any atom is 0.259 e. The molecule has 0 saturated carbocycles. The van der Waals surface area contributed by atoms with Crippen molar-refractivity contribution < 1.29 is 9.53 Å². The molecule has 0 aliphatic heterocycles. The molecule has 3 N–H and O–H groups in total. The van der Waals surface area contributed by atoms with Gasteiger partial charge in [0, 0.05) is 45.1 Å². The molecule has 0 unspecified atom stereocenters. The summed E-state index contributed by atoms with van der Waals surface area (Å²) in [6.45, 7) is 1.13. The standard InChI is InChI=1S/C12H17N3O3S/c1-18-7-6-15(5-3-11(13)19)12(17)9-8-14-4-2-10(9)16/h2,4,8H,3,5-7H2,1H3,(H2,13,19)(H,14,16). The first-order chi connectivity index (χ1) is 9.06. The van der Waals surface area contributed by atoms with Crippen molar-refractivity contribution in [3.05, 3.63) is 34.2 Å². The number of H-pyrrole nitrogens is 1. The third-order valence-electron chi connectivity index (χ3n) is 2.54. The van der Waals surface area contributed by atoms with Crippen molar-refractivity contribution in [2.24, 2.45) is 5.73 Å². The molecule has 1 heterocycles. The molecule has 0 aliphatic carbocycles. The molecule has 7 heteroatoms. The summed E-state index contributed by atoms with van der Waals surface area (Å²) < 4.78 is 4.95. The number of hydrogen-bond donors (Lipinski definition) is 2. The van der Waals surface area contributed by atoms with Crippen molar-refractivity contribution in [1.29, 1.82) is 0 Å². The van der Waals surface area contributed by atoms with Crippen LogP contribution in [-0.2, 0) is 4.74 Å². The van der Waals surface area contributed by atoms with Crippen LogP contribution in [0, 0.1) is 0 Å². The largest absolute Gasteiger partial charge is 0.393 e. The fourth-order valence-electron chi connectivity index (χ4n) is 1.52. The van der Waals surface area contributed by atoms with Crippen molar-refractivity contribution in [2.75, 3.05) is 26.8 Å². The Morgan fingerprint density at radius 3 is 2.84 bits per heavy atom. The number of pyridine rings is 1. The fraction of sp³-hybridized carbons (Fsp3) is 0.417. The average Bonchev–Trinajstić information content (AvgIpc) is 2.38. The first-order valence-electron chi connectivity index (χ1n) is 5.80. The molecule has 0 bridgehead atoms. The number of ether oxygens (including phenoxy) is 1. The lowest BCUT2D eigenvalue weighted by Crippen LogP contribution is -2.38. The van der Waals surface area contributed by atoms with Gasteiger partial charge in [-0.25, -0.2) is 0 Å². The minimum absolute atomic E-state index is 0.0987. The van der Waals surface area contributed by atoms with E-state index in [0.29, 0.717) is 31.1 Å². The van der Waals surface area contributed by atoms with Crippen molar-refractivity contribution in [1.82, 2.24) is 9.88 Å². The summed E-state index contributed by atoms with van der Waals surface area (Å²) in [7, 11) is 1.55. The number of aromatic amines is 1. The van der Waals surface area contributed by atoms with Gasteiger partial charge >= 0.3 is 0 Å². The van der Waals surface area contributed by atoms with Gasteiger partial charge in [0.2, 0.25) is 0 Å². The van der Waals surface area contributed by atoms with Gasteiger partial charge in [-0.2, -0.15) is 0 Å². The van der Waals surface area contributed by atoms with Crippen LogP contribution in [0.5, 0.6) is 0 Å². The molecule has 6 nitrogen and oxygen atoms in total. The summed E-state index contributed by atoms with van der Waals surface area (Å²) in [6.07, 6.45) is 3.29. The molecule has 19 heavy (non-hydrogen) atoms. The van der Waals surface area contributed by atoms with E-state index in [1.54, 1.807) is 7.11 Å². The van der Waals surface area contributed by atoms with E-state index in [0.717, 1.165) is 0 Å². The fourth-order valence-corrected chi connectivity index (χ4v) is 1.61. The first-order valence-corrected chi connectivity index (χ1v) is 6.20. The van der Waals surface area contributed by atoms with E-state index in [-0.39, 0.29) is 16.9 Å². The number of thiocarbonyl (C=S) groups is 1. The SMILES string of the molecule is COCCN(CCC(N)=S)C(=O)c1c[nH]ccc1=O. The van der Waals surface area contributed by atoms with E-state index in [1.807, 2.05) is 0 Å². The monoisotopic (exact) mass is 283 g/mol. The molecular formula is C12H17N3O3S. The van der Waals surface area contributed by atoms with Gasteiger partial charge < -0.3 is 20.4 Å². The zero-order valence-corrected chi connectivity index (χ0v) is 11.5. The molecule has 1 aromatic heterocycles. The summed E-state index contributed by atoms with van der Waals surface area (Å²) in [6, 6.07) is 1.31. The summed E-state index contributed by atoms with van der Waals surface area (Å²) >= 11 is 4.80. The Morgan fingerprint density at radius 2 is 2.26 bits per heavy atom. The van der Waals surface area contributed by atoms with E-state index < -0.39 is 0 Å². The Hall–Kier alpha value is -1.73. The number of nitrogens with two attached hydrogens (primary N) is 1. The zero-order valence-electron chi connectivity index (χ0n) is 10.7. The number of carbonyl (C=O) groups is 1. The van der Waals surface area contributed by atoms with Gasteiger partial charge in [-0.05, 0) is 0 Å². The van der Waals surface area contributed by atoms with Crippen LogP contribution in [-0.4, -0.2) is 47.6 Å². The number of nitrogens with one attached hydrogen (secondary N) is 1. The highest BCUT2D eigenvalue weighted by molar-refractivity contribution is 7.80. The van der Waals surface area contributed by atoms with Crippen LogP contribution in [0.25, 0.3) is 0 Å². The van der Waals surface area contributed by atoms with Crippen molar-refractivity contribution in [3.63, 3.8) is 0 Å². The van der Waals surface area contributed by atoms with E-state index in [4.69, 9.17) is 22.7 Å². The average molecular weight is 283 g/mol. The van der Waals surface area contributed by atoms with Gasteiger partial charge in [0.05, 0.1) is 11.6 Å². The summed E-state index contributed by atoms with van der Waals surface area (Å²) in [5.41, 5.74) is 5.21. The minimum Gasteiger partial charge on any atom is -0.393 e. The summed E-state index contributed by atoms with van der Waals surface area (Å²) in [4.78, 5) is 28.4. The van der Waals surface area contributed by atoms with Gasteiger partial charge in [-0.15, -0.1) is 0 Å². The highest BCUT2D eigenvalue weighted by atomic mass is 32.1. The van der Waals surface area contributed by atoms with Crippen molar-refractivity contribution >= 4 is 23.1 Å². The predicted molar refractivity (Wildman–Crippen MR) is 76.2 cm³/mol. The molecular weight excluding hydrogens is 266 g/mol. The molecule has 0 fully saturated rings. The second-order valence-electron chi connectivity index (χ2n) is 3.92. The van der Waals surface area contributed by atoms with Gasteiger partial charge in [0.1, 0.15) is 5.56 Å². The van der Waals surface area contributed by atoms with Crippen LogP contribution in [0.1, 0.15) is 16.8 Å². The van der Waals surface area contributed by atoms with E-state index in [2.05, 4.69) is 4.98 Å². The highest BCUT2D eigenvalue weighted by Gasteiger charge is 2.18. The topological polar surface area (TPSA) is 88.4 Å². The molecule has 0 aromatic carbocycles. The van der Waals surface area contributed by atoms with Crippen LogP contribution in [0.15, 0.2) is 23.3 Å². The lowest BCUT2D eigenvalue weighted by Gasteiger charge is -2.21. The number of nitrogens with zero attached hydrogens (tertiary/aromatic N) is 1. The van der Waals surface area contributed by atoms with E-state index in [9.17, 15) is 9.59 Å². The maximum atomic E-state index is 12.3. The van der Waals surface area contributed by atoms with E-state index >= 15 is 0 Å². The summed E-state index contributed by atoms with van der Waals surface area (Å²) in [5, 5.41) is 0. The smallest absolute Gasteiger partial charge is 0.259 e. The van der Waals surface area contributed by atoms with Gasteiger partial charge in [-0.1, -0.05) is 12.2 Å². The van der Waals surface area contributed by atoms with Gasteiger partial charge in [0.15, 0.2) is 5.43 Å². The highest BCUT2D eigenvalue weighted by Crippen LogP contribution is 2.01. The Morgan fingerprint density at radius 1 is 1.53 bits per heavy atom. The summed E-state index contributed by atoms with van der Waals surface area (Å²) in [5.74, 6) is -0.352. The lowest BCUT2D eigenvalue weighted by atomic mass is 10.2. The molecule has 0 spiro atoms. The number of carbonyl (C=O) groups excluding carboxylic acids is 1. The minimum atomic E-state index is -0.352. The first kappa shape index (κ1) is 15.3. The van der Waals surface area contributed by atoms with Crippen LogP contribution in [0.4, 0.5) is 0 Å². The van der Waals surface area contributed by atoms with Gasteiger partial charge in [-0.3, -0.25) is 9.59 Å². The third kappa shape index (κ3) is 4.80. The predicted octanol–water partition coefficient (Wildman–Crippen LogP) is 0.140. The second kappa shape index (κ2) is 7.65. The maximum absolute atomic E-state index is 12.3. The van der Waals surface area contributed by atoms with Crippen LogP contribution in [0.3, 0.4) is 0 Å². The van der Waals surface area contributed by atoms with Gasteiger partial charge in [0.25, 0.3) is 5.91 Å². The second-order valence-corrected chi connectivity index (χ2v) is 4.45. The molecule has 1 amide bonds. The lowest BCUT2D eigenvalue weighted by molar-refractivity contribution is 0.0699. The third-order valence-corrected chi connectivity index (χ3v) is 2.74. The molecule has 104 valence electrons. The quantitative estimate of drug-likeness (QED) is 0.695. The normalized spacial score (nSPS) is 10.2. The Kier molecular flexibility index (Phi) is 6.17. The Labute approximate surface area is 116 Å². The molecule has 0 radical (unpaired) electrons. The van der Waals surface area contributed by atoms with Crippen LogP contribution < -0.4 is 11.2 Å². The Bertz CT molecular complexity index is 501. The molecule has 1 aromatic rings. The number of amides is 1. The molecule has 0 atom stereocenters.